The molecule has 0 fully saturated rings. The minimum Gasteiger partial charge on any atom is -0.364 e. The molecule has 0 aromatic carbocycles. The molecule has 122 valence electrons. The molecule has 0 spiro atoms. The molecule has 5 heteroatoms. The lowest BCUT2D eigenvalue weighted by Gasteiger charge is -2.15. The van der Waals surface area contributed by atoms with Gasteiger partial charge in [0, 0.05) is 36.2 Å². The summed E-state index contributed by atoms with van der Waals surface area (Å²) < 4.78 is 0. The van der Waals surface area contributed by atoms with E-state index in [2.05, 4.69) is 19.9 Å². The lowest BCUT2D eigenvalue weighted by Crippen LogP contribution is -2.07. The molecule has 4 rings (SSSR count). The van der Waals surface area contributed by atoms with Crippen molar-refractivity contribution in [1.82, 2.24) is 19.9 Å². The Hall–Kier alpha value is -3.47. The molecule has 0 aliphatic heterocycles. The van der Waals surface area contributed by atoms with Crippen molar-refractivity contribution in [2.75, 3.05) is 0 Å². The second kappa shape index (κ2) is 6.57. The lowest BCUT2D eigenvalue weighted by atomic mass is 9.93. The Labute approximate surface area is 144 Å². The van der Waals surface area contributed by atoms with Crippen molar-refractivity contribution in [2.45, 2.75) is 5.92 Å². The monoisotopic (exact) mass is 328 g/mol. The fourth-order valence-corrected chi connectivity index (χ4v) is 2.95. The van der Waals surface area contributed by atoms with Crippen LogP contribution in [0.5, 0.6) is 0 Å². The lowest BCUT2D eigenvalue weighted by molar-refractivity contribution is 0.103. The number of aromatic amines is 2. The summed E-state index contributed by atoms with van der Waals surface area (Å²) in [5, 5.41) is 0. The van der Waals surface area contributed by atoms with Gasteiger partial charge in [-0.25, -0.2) is 0 Å². The predicted octanol–water partition coefficient (Wildman–Crippen LogP) is 3.54. The number of aromatic nitrogens is 4. The molecule has 2 N–H and O–H groups in total. The van der Waals surface area contributed by atoms with E-state index >= 15 is 0 Å². The molecule has 5 nitrogen and oxygen atoms in total. The SMILES string of the molecule is O=C(c1ccccn1)c1ccc(C(c2ccncc2)c2ccc[nH]2)[nH]1. The molecule has 0 saturated heterocycles. The Morgan fingerprint density at radius 2 is 1.76 bits per heavy atom. The van der Waals surface area contributed by atoms with Crippen LogP contribution in [0.15, 0.2) is 79.4 Å². The van der Waals surface area contributed by atoms with Crippen molar-refractivity contribution in [3.63, 3.8) is 0 Å². The Bertz CT molecular complexity index is 959. The van der Waals surface area contributed by atoms with E-state index in [0.717, 1.165) is 17.0 Å². The first-order chi connectivity index (χ1) is 12.3. The van der Waals surface area contributed by atoms with Gasteiger partial charge in [-0.2, -0.15) is 0 Å². The highest BCUT2D eigenvalue weighted by Crippen LogP contribution is 2.30. The third-order valence-electron chi connectivity index (χ3n) is 4.13. The highest BCUT2D eigenvalue weighted by Gasteiger charge is 2.21. The highest BCUT2D eigenvalue weighted by molar-refractivity contribution is 6.06. The number of nitrogens with one attached hydrogen (secondary N) is 2. The summed E-state index contributed by atoms with van der Waals surface area (Å²) in [5.41, 5.74) is 4.03. The normalized spacial score (nSPS) is 12.0. The average molecular weight is 328 g/mol. The minimum atomic E-state index is -0.119. The topological polar surface area (TPSA) is 74.4 Å². The van der Waals surface area contributed by atoms with Gasteiger partial charge in [-0.1, -0.05) is 6.07 Å². The number of carbonyl (C=O) groups is 1. The van der Waals surface area contributed by atoms with E-state index in [-0.39, 0.29) is 11.7 Å². The predicted molar refractivity (Wildman–Crippen MR) is 94.4 cm³/mol. The second-order valence-corrected chi connectivity index (χ2v) is 5.71. The van der Waals surface area contributed by atoms with Crippen LogP contribution >= 0.6 is 0 Å². The number of carbonyl (C=O) groups excluding carboxylic acids is 1. The minimum absolute atomic E-state index is 0.0247. The Morgan fingerprint density at radius 1 is 0.880 bits per heavy atom. The van der Waals surface area contributed by atoms with Gasteiger partial charge in [-0.3, -0.25) is 14.8 Å². The van der Waals surface area contributed by atoms with Gasteiger partial charge in [-0.05, 0) is 54.1 Å². The van der Waals surface area contributed by atoms with E-state index in [0.29, 0.717) is 11.4 Å². The smallest absolute Gasteiger partial charge is 0.227 e. The van der Waals surface area contributed by atoms with Gasteiger partial charge in [0.25, 0.3) is 0 Å². The molecular formula is C20H16N4O. The molecule has 1 unspecified atom stereocenters. The van der Waals surface area contributed by atoms with Crippen LogP contribution in [-0.4, -0.2) is 25.7 Å². The summed E-state index contributed by atoms with van der Waals surface area (Å²) in [6.45, 7) is 0. The molecule has 0 saturated carbocycles. The second-order valence-electron chi connectivity index (χ2n) is 5.71. The van der Waals surface area contributed by atoms with Gasteiger partial charge in [0.1, 0.15) is 5.69 Å². The molecule has 0 bridgehead atoms. The van der Waals surface area contributed by atoms with E-state index in [1.807, 2.05) is 48.7 Å². The summed E-state index contributed by atoms with van der Waals surface area (Å²) in [6, 6.07) is 17.0. The summed E-state index contributed by atoms with van der Waals surface area (Å²) >= 11 is 0. The largest absolute Gasteiger partial charge is 0.364 e. The van der Waals surface area contributed by atoms with Crippen LogP contribution in [0.1, 0.15) is 39.1 Å². The molecular weight excluding hydrogens is 312 g/mol. The number of rotatable bonds is 5. The maximum atomic E-state index is 12.6. The van der Waals surface area contributed by atoms with Gasteiger partial charge in [0.2, 0.25) is 5.78 Å². The van der Waals surface area contributed by atoms with Crippen LogP contribution in [0.25, 0.3) is 0 Å². The van der Waals surface area contributed by atoms with E-state index < -0.39 is 0 Å². The van der Waals surface area contributed by atoms with E-state index in [4.69, 9.17) is 0 Å². The van der Waals surface area contributed by atoms with Crippen molar-refractivity contribution >= 4 is 5.78 Å². The van der Waals surface area contributed by atoms with Crippen molar-refractivity contribution < 1.29 is 4.79 Å². The fourth-order valence-electron chi connectivity index (χ4n) is 2.95. The molecule has 25 heavy (non-hydrogen) atoms. The molecule has 0 aliphatic rings. The fraction of sp³-hybridized carbons (Fsp3) is 0.0500. The van der Waals surface area contributed by atoms with Gasteiger partial charge >= 0.3 is 0 Å². The maximum Gasteiger partial charge on any atom is 0.227 e. The third-order valence-corrected chi connectivity index (χ3v) is 4.13. The highest BCUT2D eigenvalue weighted by atomic mass is 16.1. The number of hydrogen-bond donors (Lipinski definition) is 2. The molecule has 4 aromatic rings. The van der Waals surface area contributed by atoms with Crippen molar-refractivity contribution in [3.8, 4) is 0 Å². The van der Waals surface area contributed by atoms with Crippen LogP contribution in [0.2, 0.25) is 0 Å². The summed E-state index contributed by atoms with van der Waals surface area (Å²) in [5.74, 6) is -0.143. The molecule has 4 heterocycles. The number of nitrogens with zero attached hydrogens (tertiary/aromatic N) is 2. The molecule has 0 amide bonds. The van der Waals surface area contributed by atoms with Crippen LogP contribution in [-0.2, 0) is 0 Å². The van der Waals surface area contributed by atoms with Crippen molar-refractivity contribution in [1.29, 1.82) is 0 Å². The van der Waals surface area contributed by atoms with Crippen LogP contribution < -0.4 is 0 Å². The Kier molecular flexibility index (Phi) is 3.96. The number of ketones is 1. The Balaban J connectivity index is 1.72. The first-order valence-corrected chi connectivity index (χ1v) is 8.01. The summed E-state index contributed by atoms with van der Waals surface area (Å²) in [7, 11) is 0. The van der Waals surface area contributed by atoms with Gasteiger partial charge in [-0.15, -0.1) is 0 Å². The number of H-pyrrole nitrogens is 2. The molecule has 1 atom stereocenters. The first kappa shape index (κ1) is 15.1. The van der Waals surface area contributed by atoms with Crippen LogP contribution in [0, 0.1) is 0 Å². The maximum absolute atomic E-state index is 12.6. The zero-order chi connectivity index (χ0) is 17.1. The van der Waals surface area contributed by atoms with Crippen molar-refractivity contribution in [2.24, 2.45) is 0 Å². The zero-order valence-corrected chi connectivity index (χ0v) is 13.4. The number of pyridine rings is 2. The van der Waals surface area contributed by atoms with E-state index in [1.54, 1.807) is 30.7 Å². The first-order valence-electron chi connectivity index (χ1n) is 8.01. The van der Waals surface area contributed by atoms with E-state index in [1.165, 1.54) is 0 Å². The molecule has 0 aliphatic carbocycles. The molecule has 4 aromatic heterocycles. The molecule has 0 radical (unpaired) electrons. The summed E-state index contributed by atoms with van der Waals surface area (Å²) in [4.78, 5) is 27.4. The Morgan fingerprint density at radius 3 is 2.48 bits per heavy atom. The van der Waals surface area contributed by atoms with Crippen molar-refractivity contribution in [3.05, 3.63) is 108 Å². The van der Waals surface area contributed by atoms with E-state index in [9.17, 15) is 4.79 Å². The average Bonchev–Trinajstić information content (AvgIpc) is 3.36. The standard InChI is InChI=1S/C20H16N4O/c25-20(17-4-1-2-10-23-17)18-7-6-16(24-18)19(15-5-3-11-22-15)14-8-12-21-13-9-14/h1-13,19,22,24H. The van der Waals surface area contributed by atoms with Gasteiger partial charge in [0.05, 0.1) is 11.6 Å². The van der Waals surface area contributed by atoms with Gasteiger partial charge < -0.3 is 9.97 Å². The van der Waals surface area contributed by atoms with Crippen LogP contribution in [0.4, 0.5) is 0 Å². The quantitative estimate of drug-likeness (QED) is 0.550. The number of hydrogen-bond acceptors (Lipinski definition) is 3. The third kappa shape index (κ3) is 2.99. The zero-order valence-electron chi connectivity index (χ0n) is 13.4. The van der Waals surface area contributed by atoms with Crippen LogP contribution in [0.3, 0.4) is 0 Å². The van der Waals surface area contributed by atoms with Gasteiger partial charge in [0.15, 0.2) is 0 Å². The summed E-state index contributed by atoms with van der Waals surface area (Å²) in [6.07, 6.45) is 7.06.